The molecule has 1 N–H and O–H groups in total. The molecule has 0 aromatic carbocycles. The fourth-order valence-corrected chi connectivity index (χ4v) is 3.51. The fourth-order valence-electron chi connectivity index (χ4n) is 2.56. The zero-order valence-electron chi connectivity index (χ0n) is 11.1. The van der Waals surface area contributed by atoms with E-state index >= 15 is 0 Å². The Morgan fingerprint density at radius 3 is 2.61 bits per heavy atom. The molecule has 6 heteroatoms. The van der Waals surface area contributed by atoms with Gasteiger partial charge in [-0.1, -0.05) is 0 Å². The topological polar surface area (TPSA) is 41.6 Å². The monoisotopic (exact) mass is 294 g/mol. The predicted molar refractivity (Wildman–Crippen MR) is 77.6 cm³/mol. The van der Waals surface area contributed by atoms with Crippen LogP contribution in [0.5, 0.6) is 0 Å². The van der Waals surface area contributed by atoms with Crippen LogP contribution in [0, 0.1) is 0 Å². The lowest BCUT2D eigenvalue weighted by molar-refractivity contribution is -0.144. The molecule has 0 aromatic heterocycles. The molecule has 4 nitrogen and oxygen atoms in total. The van der Waals surface area contributed by atoms with Crippen molar-refractivity contribution in [2.45, 2.75) is 38.4 Å². The van der Waals surface area contributed by atoms with Gasteiger partial charge in [0, 0.05) is 30.5 Å². The molecule has 18 heavy (non-hydrogen) atoms. The Kier molecular flexibility index (Phi) is 6.77. The van der Waals surface area contributed by atoms with Crippen molar-refractivity contribution in [1.82, 2.24) is 10.2 Å². The Balaban J connectivity index is 0.00000162. The minimum absolute atomic E-state index is 0. The number of thioether (sulfide) groups is 1. The molecule has 0 aromatic rings. The molecule has 3 atom stereocenters. The molecule has 2 saturated heterocycles. The molecular weight excluding hydrogens is 272 g/mol. The molecule has 0 aliphatic carbocycles. The number of carbonyl (C=O) groups excluding carboxylic acids is 1. The number of nitrogens with one attached hydrogen (secondary N) is 1. The van der Waals surface area contributed by atoms with Gasteiger partial charge in [0.2, 0.25) is 5.91 Å². The van der Waals surface area contributed by atoms with Crippen molar-refractivity contribution >= 4 is 30.1 Å². The van der Waals surface area contributed by atoms with Crippen LogP contribution in [0.4, 0.5) is 0 Å². The van der Waals surface area contributed by atoms with Crippen LogP contribution in [-0.4, -0.2) is 60.2 Å². The average Bonchev–Trinajstić information content (AvgIpc) is 2.30. The van der Waals surface area contributed by atoms with Crippen molar-refractivity contribution in [3.8, 4) is 0 Å². The Morgan fingerprint density at radius 1 is 1.39 bits per heavy atom. The Morgan fingerprint density at radius 2 is 2.06 bits per heavy atom. The summed E-state index contributed by atoms with van der Waals surface area (Å²) in [6.07, 6.45) is 0.627. The third kappa shape index (κ3) is 4.02. The van der Waals surface area contributed by atoms with Gasteiger partial charge >= 0.3 is 0 Å². The standard InChI is InChI=1S/C12H22N2O2S.ClH/c1-9-6-16-7-10(2)14(9)12(15)5-11-8-17-4-3-13-11;/h9-11,13H,3-8H2,1-2H3;1H. The minimum Gasteiger partial charge on any atom is -0.377 e. The van der Waals surface area contributed by atoms with Crippen molar-refractivity contribution in [2.75, 3.05) is 31.3 Å². The first-order valence-electron chi connectivity index (χ1n) is 6.38. The molecule has 0 bridgehead atoms. The van der Waals surface area contributed by atoms with E-state index in [0.29, 0.717) is 25.7 Å². The number of ether oxygens (including phenoxy) is 1. The summed E-state index contributed by atoms with van der Waals surface area (Å²) < 4.78 is 5.45. The molecule has 2 heterocycles. The Hall–Kier alpha value is 0.0300. The third-order valence-electron chi connectivity index (χ3n) is 3.38. The normalized spacial score (nSPS) is 32.8. The first kappa shape index (κ1) is 16.1. The molecule has 0 saturated carbocycles. The summed E-state index contributed by atoms with van der Waals surface area (Å²) in [5.41, 5.74) is 0. The second-order valence-electron chi connectivity index (χ2n) is 4.97. The highest BCUT2D eigenvalue weighted by Gasteiger charge is 2.31. The number of amides is 1. The van der Waals surface area contributed by atoms with Gasteiger partial charge in [0.15, 0.2) is 0 Å². The largest absolute Gasteiger partial charge is 0.377 e. The Bertz CT molecular complexity index is 265. The summed E-state index contributed by atoms with van der Waals surface area (Å²) in [6.45, 7) is 6.50. The van der Waals surface area contributed by atoms with Crippen molar-refractivity contribution in [3.63, 3.8) is 0 Å². The lowest BCUT2D eigenvalue weighted by Crippen LogP contribution is -2.54. The van der Waals surface area contributed by atoms with Crippen LogP contribution in [0.25, 0.3) is 0 Å². The average molecular weight is 295 g/mol. The van der Waals surface area contributed by atoms with E-state index in [0.717, 1.165) is 18.1 Å². The highest BCUT2D eigenvalue weighted by atomic mass is 35.5. The summed E-state index contributed by atoms with van der Waals surface area (Å²) >= 11 is 1.94. The Labute approximate surface area is 120 Å². The number of rotatable bonds is 2. The summed E-state index contributed by atoms with van der Waals surface area (Å²) in [6, 6.07) is 0.772. The van der Waals surface area contributed by atoms with Crippen molar-refractivity contribution in [2.24, 2.45) is 0 Å². The molecule has 0 radical (unpaired) electrons. The maximum atomic E-state index is 12.3. The van der Waals surface area contributed by atoms with E-state index in [4.69, 9.17) is 4.74 Å². The molecule has 106 valence electrons. The SMILES string of the molecule is CC1COCC(C)N1C(=O)CC1CSCCN1.Cl. The number of carbonyl (C=O) groups is 1. The minimum atomic E-state index is 0. The van der Waals surface area contributed by atoms with E-state index in [-0.39, 0.29) is 30.4 Å². The van der Waals surface area contributed by atoms with E-state index in [9.17, 15) is 4.79 Å². The quantitative estimate of drug-likeness (QED) is 0.829. The highest BCUT2D eigenvalue weighted by molar-refractivity contribution is 7.99. The number of hydrogen-bond donors (Lipinski definition) is 1. The molecule has 2 aliphatic rings. The van der Waals surface area contributed by atoms with Crippen LogP contribution in [0.2, 0.25) is 0 Å². The van der Waals surface area contributed by atoms with Crippen LogP contribution < -0.4 is 5.32 Å². The lowest BCUT2D eigenvalue weighted by atomic mass is 10.1. The molecule has 2 fully saturated rings. The summed E-state index contributed by atoms with van der Waals surface area (Å²) in [7, 11) is 0. The fraction of sp³-hybridized carbons (Fsp3) is 0.917. The van der Waals surface area contributed by atoms with Gasteiger partial charge in [-0.15, -0.1) is 12.4 Å². The highest BCUT2D eigenvalue weighted by Crippen LogP contribution is 2.17. The van der Waals surface area contributed by atoms with Gasteiger partial charge in [-0.05, 0) is 13.8 Å². The van der Waals surface area contributed by atoms with E-state index < -0.39 is 0 Å². The predicted octanol–water partition coefficient (Wildman–Crippen LogP) is 1.14. The van der Waals surface area contributed by atoms with Gasteiger partial charge in [0.05, 0.1) is 25.3 Å². The first-order chi connectivity index (χ1) is 8.18. The second-order valence-corrected chi connectivity index (χ2v) is 6.12. The zero-order valence-corrected chi connectivity index (χ0v) is 12.7. The third-order valence-corrected chi connectivity index (χ3v) is 4.51. The van der Waals surface area contributed by atoms with Crippen LogP contribution in [0.3, 0.4) is 0 Å². The van der Waals surface area contributed by atoms with E-state index in [1.54, 1.807) is 0 Å². The van der Waals surface area contributed by atoms with Gasteiger partial charge < -0.3 is 15.0 Å². The van der Waals surface area contributed by atoms with Crippen LogP contribution in [0.1, 0.15) is 20.3 Å². The van der Waals surface area contributed by atoms with Crippen molar-refractivity contribution < 1.29 is 9.53 Å². The molecule has 1 amide bonds. The van der Waals surface area contributed by atoms with Crippen LogP contribution in [0.15, 0.2) is 0 Å². The number of morpholine rings is 1. The number of hydrogen-bond acceptors (Lipinski definition) is 4. The number of nitrogens with zero attached hydrogens (tertiary/aromatic N) is 1. The summed E-state index contributed by atoms with van der Waals surface area (Å²) in [5.74, 6) is 2.49. The van der Waals surface area contributed by atoms with Crippen LogP contribution >= 0.6 is 24.2 Å². The maximum absolute atomic E-state index is 12.3. The zero-order chi connectivity index (χ0) is 12.3. The molecule has 0 spiro atoms. The summed E-state index contributed by atoms with van der Waals surface area (Å²) in [4.78, 5) is 14.3. The van der Waals surface area contributed by atoms with Gasteiger partial charge in [-0.2, -0.15) is 11.8 Å². The molecule has 3 unspecified atom stereocenters. The lowest BCUT2D eigenvalue weighted by Gasteiger charge is -2.39. The maximum Gasteiger partial charge on any atom is 0.224 e. The molecular formula is C12H23ClN2O2S. The van der Waals surface area contributed by atoms with Gasteiger partial charge in [0.25, 0.3) is 0 Å². The number of halogens is 1. The van der Waals surface area contributed by atoms with Gasteiger partial charge in [-0.3, -0.25) is 4.79 Å². The summed E-state index contributed by atoms with van der Waals surface area (Å²) in [5, 5.41) is 3.42. The molecule has 2 rings (SSSR count). The molecule has 2 aliphatic heterocycles. The van der Waals surface area contributed by atoms with Crippen LogP contribution in [-0.2, 0) is 9.53 Å². The smallest absolute Gasteiger partial charge is 0.224 e. The van der Waals surface area contributed by atoms with Gasteiger partial charge in [-0.25, -0.2) is 0 Å². The van der Waals surface area contributed by atoms with Crippen molar-refractivity contribution in [3.05, 3.63) is 0 Å². The second kappa shape index (κ2) is 7.58. The van der Waals surface area contributed by atoms with Crippen molar-refractivity contribution in [1.29, 1.82) is 0 Å². The van der Waals surface area contributed by atoms with E-state index in [1.165, 1.54) is 0 Å². The van der Waals surface area contributed by atoms with E-state index in [1.807, 2.05) is 16.7 Å². The van der Waals surface area contributed by atoms with E-state index in [2.05, 4.69) is 19.2 Å². The first-order valence-corrected chi connectivity index (χ1v) is 7.54. The van der Waals surface area contributed by atoms with Gasteiger partial charge in [0.1, 0.15) is 0 Å².